The summed E-state index contributed by atoms with van der Waals surface area (Å²) >= 11 is 6.15. The molecule has 0 fully saturated rings. The van der Waals surface area contributed by atoms with Crippen molar-refractivity contribution < 1.29 is 18.7 Å². The Morgan fingerprint density at radius 2 is 2.04 bits per heavy atom. The summed E-state index contributed by atoms with van der Waals surface area (Å²) in [6.07, 6.45) is 1.75. The van der Waals surface area contributed by atoms with Crippen LogP contribution in [-0.4, -0.2) is 37.1 Å². The van der Waals surface area contributed by atoms with Crippen molar-refractivity contribution >= 4 is 40.0 Å². The number of hydrogen-bond acceptors (Lipinski definition) is 3. The Labute approximate surface area is 166 Å². The Bertz CT molecular complexity index is 1020. The monoisotopic (exact) mass is 403 g/mol. The second-order valence-electron chi connectivity index (χ2n) is 6.17. The summed E-state index contributed by atoms with van der Waals surface area (Å²) in [5, 5.41) is 6.52. The Kier molecular flexibility index (Phi) is 6.28. The number of carbonyl (C=O) groups excluding carboxylic acids is 2. The van der Waals surface area contributed by atoms with Crippen molar-refractivity contribution in [3.05, 3.63) is 64.6 Å². The minimum absolute atomic E-state index is 0.0756. The molecule has 8 heteroatoms. The zero-order valence-electron chi connectivity index (χ0n) is 15.1. The highest BCUT2D eigenvalue weighted by Gasteiger charge is 2.13. The first kappa shape index (κ1) is 19.9. The van der Waals surface area contributed by atoms with Crippen LogP contribution >= 0.6 is 11.6 Å². The van der Waals surface area contributed by atoms with Gasteiger partial charge in [-0.1, -0.05) is 11.6 Å². The van der Waals surface area contributed by atoms with Crippen LogP contribution in [0.5, 0.6) is 0 Å². The van der Waals surface area contributed by atoms with E-state index in [-0.39, 0.29) is 24.1 Å². The van der Waals surface area contributed by atoms with Crippen molar-refractivity contribution in [1.82, 2.24) is 10.3 Å². The maximum absolute atomic E-state index is 13.3. The molecule has 2 amide bonds. The molecule has 0 unspecified atom stereocenters. The lowest BCUT2D eigenvalue weighted by Crippen LogP contribution is -2.27. The molecule has 0 aliphatic carbocycles. The summed E-state index contributed by atoms with van der Waals surface area (Å²) in [4.78, 5) is 27.6. The number of nitrogens with one attached hydrogen (secondary N) is 3. The van der Waals surface area contributed by atoms with Gasteiger partial charge in [-0.25, -0.2) is 4.39 Å². The molecule has 0 saturated carbocycles. The third kappa shape index (κ3) is 4.68. The first-order valence-electron chi connectivity index (χ1n) is 8.60. The fourth-order valence-electron chi connectivity index (χ4n) is 2.80. The molecule has 0 aliphatic heterocycles. The predicted octanol–water partition coefficient (Wildman–Crippen LogP) is 3.52. The van der Waals surface area contributed by atoms with E-state index in [9.17, 15) is 14.0 Å². The van der Waals surface area contributed by atoms with Gasteiger partial charge in [0, 0.05) is 36.3 Å². The molecular weight excluding hydrogens is 385 g/mol. The van der Waals surface area contributed by atoms with Crippen LogP contribution in [0.25, 0.3) is 10.9 Å². The van der Waals surface area contributed by atoms with Gasteiger partial charge in [-0.3, -0.25) is 9.59 Å². The molecule has 6 nitrogen and oxygen atoms in total. The fraction of sp³-hybridized carbons (Fsp3) is 0.200. The molecule has 0 atom stereocenters. The average Bonchev–Trinajstić information content (AvgIpc) is 3.05. The number of carbonyl (C=O) groups is 2. The minimum atomic E-state index is -0.349. The first-order chi connectivity index (χ1) is 13.5. The van der Waals surface area contributed by atoms with Crippen molar-refractivity contribution in [3.8, 4) is 0 Å². The molecule has 0 aliphatic rings. The Balaban J connectivity index is 1.70. The number of ether oxygens (including phenoxy) is 1. The van der Waals surface area contributed by atoms with Crippen LogP contribution in [0.15, 0.2) is 42.6 Å². The molecule has 3 N–H and O–H groups in total. The van der Waals surface area contributed by atoms with Crippen molar-refractivity contribution in [2.24, 2.45) is 0 Å². The van der Waals surface area contributed by atoms with Crippen molar-refractivity contribution in [3.63, 3.8) is 0 Å². The largest absolute Gasteiger partial charge is 0.383 e. The Morgan fingerprint density at radius 3 is 2.82 bits per heavy atom. The van der Waals surface area contributed by atoms with E-state index in [4.69, 9.17) is 16.3 Å². The number of anilines is 1. The SMILES string of the molecule is COCCNC(=O)c1ccc(Cl)c(NC(=O)Cc2c[nH]c3cc(F)ccc23)c1. The van der Waals surface area contributed by atoms with Gasteiger partial charge in [-0.05, 0) is 42.0 Å². The summed E-state index contributed by atoms with van der Waals surface area (Å²) in [6.45, 7) is 0.776. The van der Waals surface area contributed by atoms with Crippen LogP contribution in [0.4, 0.5) is 10.1 Å². The van der Waals surface area contributed by atoms with Gasteiger partial charge in [-0.2, -0.15) is 0 Å². The van der Waals surface area contributed by atoms with Crippen LogP contribution < -0.4 is 10.6 Å². The van der Waals surface area contributed by atoms with Crippen LogP contribution in [0.3, 0.4) is 0 Å². The minimum Gasteiger partial charge on any atom is -0.383 e. The van der Waals surface area contributed by atoms with Gasteiger partial charge in [0.1, 0.15) is 5.82 Å². The molecule has 0 bridgehead atoms. The van der Waals surface area contributed by atoms with Crippen LogP contribution in [0.1, 0.15) is 15.9 Å². The highest BCUT2D eigenvalue weighted by atomic mass is 35.5. The highest BCUT2D eigenvalue weighted by molar-refractivity contribution is 6.34. The van der Waals surface area contributed by atoms with E-state index >= 15 is 0 Å². The maximum atomic E-state index is 13.3. The molecule has 2 aromatic carbocycles. The summed E-state index contributed by atoms with van der Waals surface area (Å²) in [5.74, 6) is -0.940. The fourth-order valence-corrected chi connectivity index (χ4v) is 2.97. The molecule has 146 valence electrons. The first-order valence-corrected chi connectivity index (χ1v) is 8.98. The summed E-state index contributed by atoms with van der Waals surface area (Å²) in [5.41, 5.74) is 2.07. The molecule has 0 radical (unpaired) electrons. The predicted molar refractivity (Wildman–Crippen MR) is 106 cm³/mol. The summed E-state index contributed by atoms with van der Waals surface area (Å²) in [7, 11) is 1.55. The number of methoxy groups -OCH3 is 1. The van der Waals surface area contributed by atoms with Crippen LogP contribution in [-0.2, 0) is 16.0 Å². The van der Waals surface area contributed by atoms with E-state index in [1.54, 1.807) is 31.5 Å². The van der Waals surface area contributed by atoms with Crippen LogP contribution in [0, 0.1) is 5.82 Å². The van der Waals surface area contributed by atoms with Gasteiger partial charge in [0.05, 0.1) is 23.7 Å². The van der Waals surface area contributed by atoms with Gasteiger partial charge < -0.3 is 20.4 Å². The number of H-pyrrole nitrogens is 1. The van der Waals surface area contributed by atoms with Gasteiger partial charge in [0.2, 0.25) is 5.91 Å². The number of halogens is 2. The average molecular weight is 404 g/mol. The van der Waals surface area contributed by atoms with E-state index in [0.717, 1.165) is 10.9 Å². The molecule has 1 heterocycles. The number of aromatic nitrogens is 1. The van der Waals surface area contributed by atoms with E-state index in [0.29, 0.717) is 34.9 Å². The molecule has 0 spiro atoms. The lowest BCUT2D eigenvalue weighted by Gasteiger charge is -2.10. The smallest absolute Gasteiger partial charge is 0.251 e. The van der Waals surface area contributed by atoms with E-state index < -0.39 is 0 Å². The Morgan fingerprint density at radius 1 is 1.21 bits per heavy atom. The summed E-state index contributed by atoms with van der Waals surface area (Å²) in [6, 6.07) is 9.00. The maximum Gasteiger partial charge on any atom is 0.251 e. The van der Waals surface area contributed by atoms with Gasteiger partial charge in [-0.15, -0.1) is 0 Å². The normalized spacial score (nSPS) is 10.8. The van der Waals surface area contributed by atoms with Gasteiger partial charge in [0.25, 0.3) is 5.91 Å². The molecule has 0 saturated heterocycles. The lowest BCUT2D eigenvalue weighted by molar-refractivity contribution is -0.115. The lowest BCUT2D eigenvalue weighted by atomic mass is 10.1. The number of amides is 2. The standard InChI is InChI=1S/C20H19ClFN3O3/c1-28-7-6-23-20(27)12-2-5-16(21)18(8-12)25-19(26)9-13-11-24-17-10-14(22)3-4-15(13)17/h2-5,8,10-11,24H,6-7,9H2,1H3,(H,23,27)(H,25,26). The zero-order chi connectivity index (χ0) is 20.1. The number of rotatable bonds is 7. The van der Waals surface area contributed by atoms with Crippen molar-refractivity contribution in [1.29, 1.82) is 0 Å². The van der Waals surface area contributed by atoms with E-state index in [2.05, 4.69) is 15.6 Å². The van der Waals surface area contributed by atoms with Crippen molar-refractivity contribution in [2.75, 3.05) is 25.6 Å². The quantitative estimate of drug-likeness (QED) is 0.528. The summed E-state index contributed by atoms with van der Waals surface area (Å²) < 4.78 is 18.2. The second-order valence-corrected chi connectivity index (χ2v) is 6.58. The van der Waals surface area contributed by atoms with Crippen molar-refractivity contribution in [2.45, 2.75) is 6.42 Å². The van der Waals surface area contributed by atoms with E-state index in [1.807, 2.05) is 0 Å². The topological polar surface area (TPSA) is 83.2 Å². The van der Waals surface area contributed by atoms with Crippen LogP contribution in [0.2, 0.25) is 5.02 Å². The molecule has 3 aromatic rings. The molecular formula is C20H19ClFN3O3. The molecule has 28 heavy (non-hydrogen) atoms. The molecule has 3 rings (SSSR count). The second kappa shape index (κ2) is 8.86. The number of fused-ring (bicyclic) bond motifs is 1. The van der Waals surface area contributed by atoms with Gasteiger partial charge in [0.15, 0.2) is 0 Å². The number of benzene rings is 2. The highest BCUT2D eigenvalue weighted by Crippen LogP contribution is 2.24. The zero-order valence-corrected chi connectivity index (χ0v) is 15.9. The number of aromatic amines is 1. The third-order valence-corrected chi connectivity index (χ3v) is 4.50. The van der Waals surface area contributed by atoms with Gasteiger partial charge >= 0.3 is 0 Å². The van der Waals surface area contributed by atoms with E-state index in [1.165, 1.54) is 18.2 Å². The number of hydrogen-bond donors (Lipinski definition) is 3. The molecule has 1 aromatic heterocycles. The third-order valence-electron chi connectivity index (χ3n) is 4.17. The Hall–Kier alpha value is -2.90.